The highest BCUT2D eigenvalue weighted by Crippen LogP contribution is 2.22. The van der Waals surface area contributed by atoms with E-state index < -0.39 is 0 Å². The molecule has 28 heavy (non-hydrogen) atoms. The molecular weight excluding hydrogens is 348 g/mol. The van der Waals surface area contributed by atoms with E-state index >= 15 is 0 Å². The molecule has 0 atom stereocenters. The second kappa shape index (κ2) is 9.32. The minimum Gasteiger partial charge on any atom is -0.355 e. The van der Waals surface area contributed by atoms with Crippen molar-refractivity contribution < 1.29 is 0 Å². The molecule has 0 spiro atoms. The summed E-state index contributed by atoms with van der Waals surface area (Å²) in [5, 5.41) is 0. The zero-order chi connectivity index (χ0) is 19.2. The summed E-state index contributed by atoms with van der Waals surface area (Å²) in [6.45, 7) is 9.59. The van der Waals surface area contributed by atoms with E-state index in [1.165, 1.54) is 24.8 Å². The lowest BCUT2D eigenvalue weighted by atomic mass is 10.1. The quantitative estimate of drug-likeness (QED) is 0.794. The Hall–Kier alpha value is -2.21. The molecule has 150 valence electrons. The van der Waals surface area contributed by atoms with Crippen molar-refractivity contribution in [2.24, 2.45) is 0 Å². The van der Waals surface area contributed by atoms with Gasteiger partial charge in [-0.3, -0.25) is 9.88 Å². The SMILES string of the molecule is CCc1cc(N2CCCN(Cc3cccnc3)CC2)nc(N2CCCCC2)n1. The zero-order valence-electron chi connectivity index (χ0n) is 17.1. The molecule has 2 aliphatic heterocycles. The lowest BCUT2D eigenvalue weighted by Gasteiger charge is -2.29. The van der Waals surface area contributed by atoms with Crippen molar-refractivity contribution in [2.75, 3.05) is 49.1 Å². The Labute approximate surface area is 168 Å². The van der Waals surface area contributed by atoms with E-state index in [2.05, 4.69) is 38.7 Å². The number of anilines is 2. The van der Waals surface area contributed by atoms with Gasteiger partial charge in [-0.15, -0.1) is 0 Å². The molecule has 4 rings (SSSR count). The molecule has 6 nitrogen and oxygen atoms in total. The summed E-state index contributed by atoms with van der Waals surface area (Å²) in [5.41, 5.74) is 2.45. The van der Waals surface area contributed by atoms with Crippen LogP contribution in [-0.4, -0.2) is 59.1 Å². The van der Waals surface area contributed by atoms with Crippen molar-refractivity contribution >= 4 is 11.8 Å². The molecular formula is C22H32N6. The van der Waals surface area contributed by atoms with Gasteiger partial charge in [0.2, 0.25) is 5.95 Å². The first kappa shape index (κ1) is 19.1. The standard InChI is InChI=1S/C22H32N6/c1-2-20-16-21(25-22(24-20)28-11-4-3-5-12-28)27-13-7-10-26(14-15-27)18-19-8-6-9-23-17-19/h6,8-9,16-17H,2-5,7,10-15,18H2,1H3. The number of aromatic nitrogens is 3. The largest absolute Gasteiger partial charge is 0.355 e. The van der Waals surface area contributed by atoms with Gasteiger partial charge in [-0.1, -0.05) is 13.0 Å². The molecule has 0 amide bonds. The van der Waals surface area contributed by atoms with Gasteiger partial charge in [0.15, 0.2) is 0 Å². The van der Waals surface area contributed by atoms with Crippen LogP contribution in [0.15, 0.2) is 30.6 Å². The molecule has 2 aromatic heterocycles. The van der Waals surface area contributed by atoms with E-state index in [9.17, 15) is 0 Å². The molecule has 0 unspecified atom stereocenters. The molecule has 0 aliphatic carbocycles. The fourth-order valence-corrected chi connectivity index (χ4v) is 4.16. The first-order chi connectivity index (χ1) is 13.8. The molecule has 2 aromatic rings. The smallest absolute Gasteiger partial charge is 0.227 e. The Kier molecular flexibility index (Phi) is 6.37. The van der Waals surface area contributed by atoms with Crippen LogP contribution < -0.4 is 9.80 Å². The van der Waals surface area contributed by atoms with Crippen LogP contribution in [0.1, 0.15) is 43.9 Å². The number of piperidine rings is 1. The third kappa shape index (κ3) is 4.79. The normalized spacial score (nSPS) is 18.9. The first-order valence-electron chi connectivity index (χ1n) is 10.8. The summed E-state index contributed by atoms with van der Waals surface area (Å²) < 4.78 is 0. The van der Waals surface area contributed by atoms with Gasteiger partial charge >= 0.3 is 0 Å². The maximum absolute atomic E-state index is 4.99. The molecule has 0 saturated carbocycles. The highest BCUT2D eigenvalue weighted by Gasteiger charge is 2.20. The van der Waals surface area contributed by atoms with Crippen molar-refractivity contribution in [2.45, 2.75) is 45.6 Å². The van der Waals surface area contributed by atoms with E-state index in [4.69, 9.17) is 9.97 Å². The molecule has 6 heteroatoms. The van der Waals surface area contributed by atoms with Crippen LogP contribution in [0.3, 0.4) is 0 Å². The number of hydrogen-bond donors (Lipinski definition) is 0. The van der Waals surface area contributed by atoms with Gasteiger partial charge in [0.25, 0.3) is 0 Å². The maximum Gasteiger partial charge on any atom is 0.227 e. The number of hydrogen-bond acceptors (Lipinski definition) is 6. The Balaban J connectivity index is 1.46. The molecule has 0 N–H and O–H groups in total. The van der Waals surface area contributed by atoms with Gasteiger partial charge < -0.3 is 9.80 Å². The van der Waals surface area contributed by atoms with E-state index in [0.717, 1.165) is 76.1 Å². The van der Waals surface area contributed by atoms with E-state index in [0.29, 0.717) is 0 Å². The lowest BCUT2D eigenvalue weighted by Crippen LogP contribution is -2.33. The molecule has 2 aliphatic rings. The fourth-order valence-electron chi connectivity index (χ4n) is 4.16. The van der Waals surface area contributed by atoms with Gasteiger partial charge in [0.1, 0.15) is 5.82 Å². The van der Waals surface area contributed by atoms with Crippen LogP contribution in [0.25, 0.3) is 0 Å². The maximum atomic E-state index is 4.99. The first-order valence-corrected chi connectivity index (χ1v) is 10.8. The van der Waals surface area contributed by atoms with Crippen molar-refractivity contribution in [1.82, 2.24) is 19.9 Å². The van der Waals surface area contributed by atoms with Crippen LogP contribution in [0.2, 0.25) is 0 Å². The molecule has 2 saturated heterocycles. The highest BCUT2D eigenvalue weighted by atomic mass is 15.3. The second-order valence-corrected chi connectivity index (χ2v) is 7.90. The summed E-state index contributed by atoms with van der Waals surface area (Å²) >= 11 is 0. The van der Waals surface area contributed by atoms with Crippen LogP contribution in [0.5, 0.6) is 0 Å². The molecule has 0 aromatic carbocycles. The highest BCUT2D eigenvalue weighted by molar-refractivity contribution is 5.46. The van der Waals surface area contributed by atoms with Crippen molar-refractivity contribution in [3.8, 4) is 0 Å². The molecule has 0 radical (unpaired) electrons. The van der Waals surface area contributed by atoms with Crippen molar-refractivity contribution in [1.29, 1.82) is 0 Å². The molecule has 0 bridgehead atoms. The number of aryl methyl sites for hydroxylation is 1. The van der Waals surface area contributed by atoms with Crippen molar-refractivity contribution in [3.63, 3.8) is 0 Å². The van der Waals surface area contributed by atoms with Gasteiger partial charge in [-0.25, -0.2) is 4.98 Å². The fraction of sp³-hybridized carbons (Fsp3) is 0.591. The minimum atomic E-state index is 0.936. The Morgan fingerprint density at radius 3 is 2.54 bits per heavy atom. The summed E-state index contributed by atoms with van der Waals surface area (Å²) in [5.74, 6) is 2.04. The minimum absolute atomic E-state index is 0.936. The van der Waals surface area contributed by atoms with Crippen LogP contribution >= 0.6 is 0 Å². The molecule has 4 heterocycles. The predicted molar refractivity (Wildman–Crippen MR) is 114 cm³/mol. The van der Waals surface area contributed by atoms with Gasteiger partial charge in [-0.2, -0.15) is 4.98 Å². The lowest BCUT2D eigenvalue weighted by molar-refractivity contribution is 0.285. The van der Waals surface area contributed by atoms with Gasteiger partial charge in [-0.05, 0) is 43.7 Å². The monoisotopic (exact) mass is 380 g/mol. The summed E-state index contributed by atoms with van der Waals surface area (Å²) in [6, 6.07) is 6.39. The van der Waals surface area contributed by atoms with E-state index in [-0.39, 0.29) is 0 Å². The number of nitrogens with zero attached hydrogens (tertiary/aromatic N) is 6. The van der Waals surface area contributed by atoms with Crippen LogP contribution in [0.4, 0.5) is 11.8 Å². The summed E-state index contributed by atoms with van der Waals surface area (Å²) in [4.78, 5) is 21.4. The van der Waals surface area contributed by atoms with Crippen LogP contribution in [0, 0.1) is 0 Å². The Morgan fingerprint density at radius 1 is 0.893 bits per heavy atom. The predicted octanol–water partition coefficient (Wildman–Crippen LogP) is 3.14. The van der Waals surface area contributed by atoms with E-state index in [1.54, 1.807) is 0 Å². The number of pyridine rings is 1. The zero-order valence-corrected chi connectivity index (χ0v) is 17.1. The third-order valence-electron chi connectivity index (χ3n) is 5.80. The van der Waals surface area contributed by atoms with E-state index in [1.807, 2.05) is 18.5 Å². The summed E-state index contributed by atoms with van der Waals surface area (Å²) in [7, 11) is 0. The Morgan fingerprint density at radius 2 is 1.75 bits per heavy atom. The van der Waals surface area contributed by atoms with Crippen molar-refractivity contribution in [3.05, 3.63) is 41.9 Å². The molecule has 2 fully saturated rings. The average Bonchev–Trinajstić information content (AvgIpc) is 3.00. The van der Waals surface area contributed by atoms with Gasteiger partial charge in [0.05, 0.1) is 0 Å². The van der Waals surface area contributed by atoms with Gasteiger partial charge in [0, 0.05) is 70.0 Å². The topological polar surface area (TPSA) is 48.4 Å². The van der Waals surface area contributed by atoms with Crippen LogP contribution in [-0.2, 0) is 13.0 Å². The third-order valence-corrected chi connectivity index (χ3v) is 5.80. The Bertz CT molecular complexity index is 744. The second-order valence-electron chi connectivity index (χ2n) is 7.90. The number of rotatable bonds is 5. The average molecular weight is 381 g/mol. The summed E-state index contributed by atoms with van der Waals surface area (Å²) in [6.07, 6.45) is 9.77.